The van der Waals surface area contributed by atoms with E-state index in [1.807, 2.05) is 0 Å². The van der Waals surface area contributed by atoms with Gasteiger partial charge in [-0.05, 0) is 17.7 Å². The first-order chi connectivity index (χ1) is 6.19. The maximum Gasteiger partial charge on any atom is 0.142 e. The molecule has 0 bridgehead atoms. The van der Waals surface area contributed by atoms with Crippen molar-refractivity contribution in [3.8, 4) is 0 Å². The van der Waals surface area contributed by atoms with E-state index < -0.39 is 5.82 Å². The molecule has 4 heteroatoms. The summed E-state index contributed by atoms with van der Waals surface area (Å²) < 4.78 is 13.0. The Kier molecular flexibility index (Phi) is 3.42. The number of nitrogens with one attached hydrogen (secondary N) is 1. The van der Waals surface area contributed by atoms with Crippen LogP contribution >= 0.6 is 11.6 Å². The van der Waals surface area contributed by atoms with Crippen molar-refractivity contribution in [1.29, 1.82) is 0 Å². The number of halogens is 2. The molecule has 70 valence electrons. The number of rotatable bonds is 3. The highest BCUT2D eigenvalue weighted by atomic mass is 35.5. The summed E-state index contributed by atoms with van der Waals surface area (Å²) in [5, 5.41) is 0.101. The lowest BCUT2D eigenvalue weighted by atomic mass is 10.1. The molecule has 1 aromatic carbocycles. The molecule has 0 aliphatic carbocycles. The first-order valence-corrected chi connectivity index (χ1v) is 4.10. The summed E-state index contributed by atoms with van der Waals surface area (Å²) in [5.41, 5.74) is 3.18. The Morgan fingerprint density at radius 3 is 2.77 bits per heavy atom. The second-order valence-corrected chi connectivity index (χ2v) is 2.96. The van der Waals surface area contributed by atoms with Crippen LogP contribution in [0.2, 0.25) is 5.02 Å². The average Bonchev–Trinajstić information content (AvgIpc) is 2.13. The Hall–Kier alpha value is -0.900. The maximum atomic E-state index is 13.0. The Morgan fingerprint density at radius 2 is 2.31 bits per heavy atom. The van der Waals surface area contributed by atoms with Crippen molar-refractivity contribution in [1.82, 2.24) is 5.43 Å². The summed E-state index contributed by atoms with van der Waals surface area (Å²) in [5.74, 6) is 4.77. The van der Waals surface area contributed by atoms with Crippen molar-refractivity contribution in [2.75, 3.05) is 0 Å². The molecule has 0 heterocycles. The van der Waals surface area contributed by atoms with Gasteiger partial charge in [0.2, 0.25) is 0 Å². The number of nitrogens with two attached hydrogens (primary N) is 1. The minimum atomic E-state index is -0.457. The zero-order chi connectivity index (χ0) is 9.84. The number of hydrogen-bond donors (Lipinski definition) is 2. The zero-order valence-corrected chi connectivity index (χ0v) is 7.68. The van der Waals surface area contributed by atoms with Crippen molar-refractivity contribution >= 4 is 11.6 Å². The molecule has 2 nitrogen and oxygen atoms in total. The fourth-order valence-electron chi connectivity index (χ4n) is 1.01. The van der Waals surface area contributed by atoms with Gasteiger partial charge in [-0.1, -0.05) is 23.7 Å². The average molecular weight is 201 g/mol. The monoisotopic (exact) mass is 200 g/mol. The molecule has 0 aliphatic heterocycles. The summed E-state index contributed by atoms with van der Waals surface area (Å²) in [7, 11) is 0. The molecule has 0 saturated carbocycles. The van der Waals surface area contributed by atoms with Gasteiger partial charge in [-0.25, -0.2) is 9.82 Å². The van der Waals surface area contributed by atoms with Crippen LogP contribution in [0, 0.1) is 5.82 Å². The van der Waals surface area contributed by atoms with Crippen LogP contribution < -0.4 is 11.3 Å². The third kappa shape index (κ3) is 2.28. The molecule has 0 fully saturated rings. The quantitative estimate of drug-likeness (QED) is 0.446. The molecule has 1 atom stereocenters. The first-order valence-electron chi connectivity index (χ1n) is 3.72. The molecular formula is C9H10ClFN2. The Balaban J connectivity index is 3.01. The van der Waals surface area contributed by atoms with Gasteiger partial charge < -0.3 is 0 Å². The Morgan fingerprint density at radius 1 is 1.62 bits per heavy atom. The van der Waals surface area contributed by atoms with E-state index in [0.717, 1.165) is 0 Å². The van der Waals surface area contributed by atoms with E-state index >= 15 is 0 Å². The topological polar surface area (TPSA) is 38.0 Å². The number of benzene rings is 1. The van der Waals surface area contributed by atoms with Crippen LogP contribution in [0.25, 0.3) is 0 Å². The SMILES string of the molecule is C=CC(NN)c1ccc(Cl)c(F)c1. The minimum absolute atomic E-state index is 0.101. The lowest BCUT2D eigenvalue weighted by Crippen LogP contribution is -2.26. The predicted molar refractivity (Wildman–Crippen MR) is 51.7 cm³/mol. The summed E-state index contributed by atoms with van der Waals surface area (Å²) in [6.07, 6.45) is 1.59. The minimum Gasteiger partial charge on any atom is -0.271 e. The summed E-state index contributed by atoms with van der Waals surface area (Å²) in [4.78, 5) is 0. The highest BCUT2D eigenvalue weighted by Crippen LogP contribution is 2.20. The molecule has 0 aromatic heterocycles. The van der Waals surface area contributed by atoms with E-state index in [0.29, 0.717) is 5.56 Å². The maximum absolute atomic E-state index is 13.0. The number of hydrogen-bond acceptors (Lipinski definition) is 2. The molecule has 0 aliphatic rings. The molecule has 0 spiro atoms. The van der Waals surface area contributed by atoms with E-state index in [1.165, 1.54) is 12.1 Å². The van der Waals surface area contributed by atoms with Crippen molar-refractivity contribution in [3.63, 3.8) is 0 Å². The van der Waals surface area contributed by atoms with Gasteiger partial charge in [0, 0.05) is 0 Å². The van der Waals surface area contributed by atoms with Crippen molar-refractivity contribution < 1.29 is 4.39 Å². The van der Waals surface area contributed by atoms with Gasteiger partial charge >= 0.3 is 0 Å². The molecule has 1 rings (SSSR count). The fraction of sp³-hybridized carbons (Fsp3) is 0.111. The van der Waals surface area contributed by atoms with E-state index in [-0.39, 0.29) is 11.1 Å². The lowest BCUT2D eigenvalue weighted by molar-refractivity contribution is 0.612. The van der Waals surface area contributed by atoms with Crippen LogP contribution in [0.5, 0.6) is 0 Å². The van der Waals surface area contributed by atoms with E-state index in [2.05, 4.69) is 12.0 Å². The van der Waals surface area contributed by atoms with Gasteiger partial charge in [-0.15, -0.1) is 6.58 Å². The van der Waals surface area contributed by atoms with Gasteiger partial charge in [0.05, 0.1) is 11.1 Å². The van der Waals surface area contributed by atoms with Crippen LogP contribution in [0.4, 0.5) is 4.39 Å². The predicted octanol–water partition coefficient (Wildman–Crippen LogP) is 2.17. The van der Waals surface area contributed by atoms with Gasteiger partial charge in [-0.2, -0.15) is 0 Å². The molecular weight excluding hydrogens is 191 g/mol. The van der Waals surface area contributed by atoms with Crippen LogP contribution in [0.15, 0.2) is 30.9 Å². The second-order valence-electron chi connectivity index (χ2n) is 2.55. The highest BCUT2D eigenvalue weighted by Gasteiger charge is 2.07. The Labute approximate surface area is 81.2 Å². The Bertz CT molecular complexity index is 314. The molecule has 1 aromatic rings. The first kappa shape index (κ1) is 10.2. The van der Waals surface area contributed by atoms with E-state index in [1.54, 1.807) is 12.1 Å². The van der Waals surface area contributed by atoms with Crippen molar-refractivity contribution in [2.45, 2.75) is 6.04 Å². The molecule has 0 amide bonds. The standard InChI is InChI=1S/C9H10ClFN2/c1-2-9(13-12)6-3-4-7(10)8(11)5-6/h2-5,9,13H,1,12H2. The van der Waals surface area contributed by atoms with Gasteiger partial charge in [0.25, 0.3) is 0 Å². The molecule has 0 saturated heterocycles. The van der Waals surface area contributed by atoms with Crippen LogP contribution in [-0.2, 0) is 0 Å². The largest absolute Gasteiger partial charge is 0.271 e. The summed E-state index contributed by atoms with van der Waals surface area (Å²) >= 11 is 5.52. The highest BCUT2D eigenvalue weighted by molar-refractivity contribution is 6.30. The van der Waals surface area contributed by atoms with Gasteiger partial charge in [0.15, 0.2) is 0 Å². The zero-order valence-electron chi connectivity index (χ0n) is 6.93. The van der Waals surface area contributed by atoms with E-state index in [9.17, 15) is 4.39 Å². The van der Waals surface area contributed by atoms with E-state index in [4.69, 9.17) is 17.4 Å². The summed E-state index contributed by atoms with van der Waals surface area (Å²) in [6.45, 7) is 3.56. The second kappa shape index (κ2) is 4.37. The molecule has 13 heavy (non-hydrogen) atoms. The normalized spacial score (nSPS) is 12.5. The van der Waals surface area contributed by atoms with Crippen molar-refractivity contribution in [3.05, 3.63) is 47.3 Å². The van der Waals surface area contributed by atoms with Crippen LogP contribution in [0.3, 0.4) is 0 Å². The lowest BCUT2D eigenvalue weighted by Gasteiger charge is -2.11. The van der Waals surface area contributed by atoms with Gasteiger partial charge in [-0.3, -0.25) is 5.84 Å². The third-order valence-corrected chi connectivity index (χ3v) is 2.02. The smallest absolute Gasteiger partial charge is 0.142 e. The fourth-order valence-corrected chi connectivity index (χ4v) is 1.12. The van der Waals surface area contributed by atoms with Crippen molar-refractivity contribution in [2.24, 2.45) is 5.84 Å². The number of hydrazine groups is 1. The summed E-state index contributed by atoms with van der Waals surface area (Å²) in [6, 6.07) is 4.25. The molecule has 3 N–H and O–H groups in total. The van der Waals surface area contributed by atoms with Gasteiger partial charge in [0.1, 0.15) is 5.82 Å². The van der Waals surface area contributed by atoms with Crippen LogP contribution in [0.1, 0.15) is 11.6 Å². The molecule has 1 unspecified atom stereocenters. The third-order valence-electron chi connectivity index (χ3n) is 1.72. The molecule has 0 radical (unpaired) electrons. The van der Waals surface area contributed by atoms with Crippen LogP contribution in [-0.4, -0.2) is 0 Å².